The third kappa shape index (κ3) is 3.21. The first-order valence-corrected chi connectivity index (χ1v) is 8.23. The van der Waals surface area contributed by atoms with Crippen LogP contribution in [0.4, 0.5) is 13.2 Å². The molecule has 2 aromatic rings. The van der Waals surface area contributed by atoms with Crippen LogP contribution >= 0.6 is 10.7 Å². The number of benzene rings is 1. The van der Waals surface area contributed by atoms with Gasteiger partial charge in [0.1, 0.15) is 6.33 Å². The lowest BCUT2D eigenvalue weighted by Crippen LogP contribution is -2.09. The van der Waals surface area contributed by atoms with Gasteiger partial charge in [0.25, 0.3) is 5.82 Å². The predicted molar refractivity (Wildman–Crippen MR) is 75.2 cm³/mol. The van der Waals surface area contributed by atoms with Crippen LogP contribution in [0, 0.1) is 13.8 Å². The zero-order chi connectivity index (χ0) is 16.0. The molecule has 0 spiro atoms. The van der Waals surface area contributed by atoms with Crippen LogP contribution in [0.3, 0.4) is 0 Å². The van der Waals surface area contributed by atoms with Crippen molar-refractivity contribution < 1.29 is 17.4 Å². The fourth-order valence-corrected chi connectivity index (χ4v) is 3.23. The Labute approximate surface area is 124 Å². The molecule has 0 bridgehead atoms. The molecular formula is C12H11ClF3N3OS. The molecule has 0 saturated carbocycles. The minimum Gasteiger partial charge on any atom is -0.248 e. The van der Waals surface area contributed by atoms with Crippen LogP contribution in [0.5, 0.6) is 0 Å². The SMILES string of the molecule is C=S(=O)(Cl)c1cc(-n2cnc(C(F)(F)F)n2)c(C)cc1C. The predicted octanol–water partition coefficient (Wildman–Crippen LogP) is 3.13. The zero-order valence-electron chi connectivity index (χ0n) is 11.1. The van der Waals surface area contributed by atoms with Gasteiger partial charge in [0.05, 0.1) is 19.3 Å². The van der Waals surface area contributed by atoms with Gasteiger partial charge in [-0.15, -0.1) is 5.10 Å². The first-order valence-electron chi connectivity index (χ1n) is 5.67. The summed E-state index contributed by atoms with van der Waals surface area (Å²) in [6.07, 6.45) is -3.68. The second kappa shape index (κ2) is 5.03. The van der Waals surface area contributed by atoms with Gasteiger partial charge < -0.3 is 0 Å². The second-order valence-corrected chi connectivity index (χ2v) is 7.63. The quantitative estimate of drug-likeness (QED) is 0.625. The van der Waals surface area contributed by atoms with E-state index in [0.29, 0.717) is 16.8 Å². The molecule has 0 aliphatic heterocycles. The minimum atomic E-state index is -4.63. The summed E-state index contributed by atoms with van der Waals surface area (Å²) >= 11 is 0. The minimum absolute atomic E-state index is 0.258. The lowest BCUT2D eigenvalue weighted by atomic mass is 10.1. The van der Waals surface area contributed by atoms with Crippen LogP contribution in [-0.2, 0) is 14.9 Å². The number of nitrogens with zero attached hydrogens (tertiary/aromatic N) is 3. The van der Waals surface area contributed by atoms with E-state index in [1.807, 2.05) is 0 Å². The number of alkyl halides is 3. The second-order valence-electron chi connectivity index (χ2n) is 4.51. The van der Waals surface area contributed by atoms with E-state index >= 15 is 0 Å². The monoisotopic (exact) mass is 337 g/mol. The molecule has 0 fully saturated rings. The van der Waals surface area contributed by atoms with Crippen LogP contribution in [0.2, 0.25) is 0 Å². The average molecular weight is 338 g/mol. The topological polar surface area (TPSA) is 47.8 Å². The number of rotatable bonds is 2. The Hall–Kier alpha value is -1.54. The fourth-order valence-electron chi connectivity index (χ4n) is 1.91. The van der Waals surface area contributed by atoms with E-state index < -0.39 is 20.7 Å². The summed E-state index contributed by atoms with van der Waals surface area (Å²) in [5.74, 6) is 2.13. The molecule has 21 heavy (non-hydrogen) atoms. The third-order valence-corrected chi connectivity index (χ3v) is 4.41. The van der Waals surface area contributed by atoms with Crippen molar-refractivity contribution in [1.29, 1.82) is 0 Å². The molecule has 0 amide bonds. The normalized spacial score (nSPS) is 15.0. The average Bonchev–Trinajstić information content (AvgIpc) is 2.75. The molecule has 0 aliphatic rings. The maximum absolute atomic E-state index is 12.5. The van der Waals surface area contributed by atoms with Gasteiger partial charge in [0.15, 0.2) is 0 Å². The van der Waals surface area contributed by atoms with E-state index in [9.17, 15) is 17.4 Å². The Morgan fingerprint density at radius 2 is 1.90 bits per heavy atom. The van der Waals surface area contributed by atoms with Crippen LogP contribution in [0.1, 0.15) is 17.0 Å². The van der Waals surface area contributed by atoms with Crippen molar-refractivity contribution in [3.05, 3.63) is 35.4 Å². The summed E-state index contributed by atoms with van der Waals surface area (Å²) in [4.78, 5) is 3.48. The van der Waals surface area contributed by atoms with Crippen molar-refractivity contribution in [3.63, 3.8) is 0 Å². The number of hydrogen-bond donors (Lipinski definition) is 0. The van der Waals surface area contributed by atoms with E-state index in [-0.39, 0.29) is 4.90 Å². The van der Waals surface area contributed by atoms with E-state index in [1.165, 1.54) is 6.07 Å². The molecule has 9 heteroatoms. The van der Waals surface area contributed by atoms with Crippen molar-refractivity contribution in [2.75, 3.05) is 0 Å². The highest BCUT2D eigenvalue weighted by atomic mass is 35.7. The summed E-state index contributed by atoms with van der Waals surface area (Å²) in [5, 5.41) is 3.39. The van der Waals surface area contributed by atoms with Gasteiger partial charge in [-0.05, 0) is 47.6 Å². The third-order valence-electron chi connectivity index (χ3n) is 2.81. The molecule has 1 heterocycles. The lowest BCUT2D eigenvalue weighted by molar-refractivity contribution is -0.144. The van der Waals surface area contributed by atoms with Gasteiger partial charge in [0.2, 0.25) is 0 Å². The Kier molecular flexibility index (Phi) is 3.79. The molecule has 1 unspecified atom stereocenters. The van der Waals surface area contributed by atoms with E-state index in [4.69, 9.17) is 10.7 Å². The molecule has 1 atom stereocenters. The van der Waals surface area contributed by atoms with Crippen molar-refractivity contribution in [3.8, 4) is 5.69 Å². The molecule has 114 valence electrons. The summed E-state index contributed by atoms with van der Waals surface area (Å²) in [7, 11) is 2.73. The molecule has 4 nitrogen and oxygen atoms in total. The summed E-state index contributed by atoms with van der Waals surface area (Å²) in [6.45, 7) is 3.39. The molecule has 0 aliphatic carbocycles. The van der Waals surface area contributed by atoms with Gasteiger partial charge in [-0.25, -0.2) is 13.9 Å². The first kappa shape index (κ1) is 15.8. The standard InChI is InChI=1S/C12H11ClF3N3OS/c1-7-4-8(2)10(21(3,13)20)5-9(7)19-6-17-11(18-19)12(14,15)16/h4-6H,3H2,1-2H3. The molecule has 0 radical (unpaired) electrons. The maximum Gasteiger partial charge on any atom is 0.453 e. The van der Waals surface area contributed by atoms with E-state index in [2.05, 4.69) is 16.0 Å². The van der Waals surface area contributed by atoms with Crippen LogP contribution < -0.4 is 0 Å². The van der Waals surface area contributed by atoms with E-state index in [0.717, 1.165) is 11.0 Å². The van der Waals surface area contributed by atoms with Crippen molar-refractivity contribution >= 4 is 25.3 Å². The largest absolute Gasteiger partial charge is 0.453 e. The molecule has 2 rings (SSSR count). The molecule has 0 N–H and O–H groups in total. The Bertz CT molecular complexity index is 797. The highest BCUT2D eigenvalue weighted by Crippen LogP contribution is 2.28. The van der Waals surface area contributed by atoms with E-state index in [1.54, 1.807) is 19.9 Å². The highest BCUT2D eigenvalue weighted by molar-refractivity contribution is 8.21. The summed E-state index contributed by atoms with van der Waals surface area (Å²) in [6, 6.07) is 3.08. The molecule has 1 aromatic heterocycles. The fraction of sp³-hybridized carbons (Fsp3) is 0.250. The van der Waals surface area contributed by atoms with Gasteiger partial charge in [0, 0.05) is 0 Å². The van der Waals surface area contributed by atoms with Crippen LogP contribution in [0.15, 0.2) is 23.4 Å². The summed E-state index contributed by atoms with van der Waals surface area (Å²) in [5.41, 5.74) is 1.60. The van der Waals surface area contributed by atoms with Crippen molar-refractivity contribution in [1.82, 2.24) is 14.8 Å². The number of hydrogen-bond acceptors (Lipinski definition) is 3. The lowest BCUT2D eigenvalue weighted by Gasteiger charge is -2.12. The smallest absolute Gasteiger partial charge is 0.248 e. The Morgan fingerprint density at radius 1 is 1.29 bits per heavy atom. The number of aryl methyl sites for hydroxylation is 2. The van der Waals surface area contributed by atoms with Gasteiger partial charge in [-0.2, -0.15) is 13.2 Å². The molecule has 0 saturated heterocycles. The molecular weight excluding hydrogens is 327 g/mol. The van der Waals surface area contributed by atoms with Crippen molar-refractivity contribution in [2.24, 2.45) is 0 Å². The maximum atomic E-state index is 12.5. The Balaban J connectivity index is 2.62. The zero-order valence-corrected chi connectivity index (χ0v) is 12.7. The van der Waals surface area contributed by atoms with Gasteiger partial charge in [-0.1, -0.05) is 6.07 Å². The number of halogens is 4. The van der Waals surface area contributed by atoms with Gasteiger partial charge >= 0.3 is 6.18 Å². The van der Waals surface area contributed by atoms with Crippen molar-refractivity contribution in [2.45, 2.75) is 24.9 Å². The van der Waals surface area contributed by atoms with Crippen LogP contribution in [0.25, 0.3) is 5.69 Å². The summed E-state index contributed by atoms with van der Waals surface area (Å²) < 4.78 is 50.5. The Morgan fingerprint density at radius 3 is 2.38 bits per heavy atom. The first-order chi connectivity index (χ1) is 9.50. The number of aromatic nitrogens is 3. The highest BCUT2D eigenvalue weighted by Gasteiger charge is 2.36. The van der Waals surface area contributed by atoms with Crippen LogP contribution in [-0.4, -0.2) is 24.8 Å². The van der Waals surface area contributed by atoms with Gasteiger partial charge in [-0.3, -0.25) is 0 Å². The molecule has 1 aromatic carbocycles.